The topological polar surface area (TPSA) is 96.9 Å². The third kappa shape index (κ3) is 2.25. The number of quaternary nitrogens is 1. The first-order valence-corrected chi connectivity index (χ1v) is 3.16. The summed E-state index contributed by atoms with van der Waals surface area (Å²) in [6, 6.07) is 0. The van der Waals surface area contributed by atoms with Gasteiger partial charge < -0.3 is 16.4 Å². The molecule has 0 saturated carbocycles. The first-order chi connectivity index (χ1) is 5.24. The monoisotopic (exact) mass is 169 g/mol. The molecule has 0 saturated heterocycles. The molecule has 0 amide bonds. The van der Waals surface area contributed by atoms with Gasteiger partial charge >= 0.3 is 5.97 Å². The Kier molecular flexibility index (Phi) is 3.79. The fourth-order valence-corrected chi connectivity index (χ4v) is 0.807. The molecule has 5 N–H and O–H groups in total. The zero-order valence-electron chi connectivity index (χ0n) is 6.78. The Morgan fingerprint density at radius 2 is 2.25 bits per heavy atom. The predicted octanol–water partition coefficient (Wildman–Crippen LogP) is 0.578. The molecule has 0 aliphatic heterocycles. The molecule has 66 valence electrons. The van der Waals surface area contributed by atoms with Crippen molar-refractivity contribution in [2.24, 2.45) is 0 Å². The Bertz CT molecular complexity index is 263. The molecular formula is C8H11NO3. The van der Waals surface area contributed by atoms with Crippen LogP contribution in [0.5, 0.6) is 0 Å². The van der Waals surface area contributed by atoms with Gasteiger partial charge in [-0.15, -0.1) is 6.26 Å². The number of carbonyl (C=O) groups is 1. The van der Waals surface area contributed by atoms with Crippen molar-refractivity contribution < 1.29 is 15.0 Å². The summed E-state index contributed by atoms with van der Waals surface area (Å²) in [6.45, 7) is 0. The molecule has 4 heteroatoms. The summed E-state index contributed by atoms with van der Waals surface area (Å²) in [5.74, 6) is -0.953. The highest BCUT2D eigenvalue weighted by Crippen LogP contribution is 2.13. The third-order valence-electron chi connectivity index (χ3n) is 1.43. The van der Waals surface area contributed by atoms with E-state index in [2.05, 4.69) is 0 Å². The molecule has 4 nitrogen and oxygen atoms in total. The van der Waals surface area contributed by atoms with E-state index in [0.717, 1.165) is 6.26 Å². The van der Waals surface area contributed by atoms with Gasteiger partial charge in [0.2, 0.25) is 0 Å². The number of rotatable bonds is 1. The highest BCUT2D eigenvalue weighted by Gasteiger charge is 2.05. The van der Waals surface area contributed by atoms with Crippen LogP contribution in [0, 0.1) is 0 Å². The van der Waals surface area contributed by atoms with Crippen LogP contribution in [0.4, 0.5) is 0 Å². The molecule has 1 rings (SSSR count). The molecule has 1 aliphatic carbocycles. The maximum Gasteiger partial charge on any atom is 0.335 e. The van der Waals surface area contributed by atoms with Crippen LogP contribution in [0.3, 0.4) is 0 Å². The van der Waals surface area contributed by atoms with E-state index in [4.69, 9.17) is 5.11 Å². The van der Waals surface area contributed by atoms with Gasteiger partial charge in [-0.3, -0.25) is 0 Å². The van der Waals surface area contributed by atoms with E-state index in [9.17, 15) is 9.90 Å². The van der Waals surface area contributed by atoms with Crippen molar-refractivity contribution in [3.63, 3.8) is 0 Å². The summed E-state index contributed by atoms with van der Waals surface area (Å²) in [6.07, 6.45) is 5.62. The van der Waals surface area contributed by atoms with E-state index in [1.807, 2.05) is 0 Å². The molecule has 0 atom stereocenters. The Hall–Kier alpha value is -1.55. The summed E-state index contributed by atoms with van der Waals surface area (Å²) in [7, 11) is 0. The molecule has 0 aromatic rings. The van der Waals surface area contributed by atoms with Crippen molar-refractivity contribution in [1.29, 1.82) is 0 Å². The number of hydrogen-bond donors (Lipinski definition) is 2. The van der Waals surface area contributed by atoms with Crippen molar-refractivity contribution in [3.05, 3.63) is 35.6 Å². The van der Waals surface area contributed by atoms with Crippen LogP contribution in [-0.4, -0.2) is 11.1 Å². The second-order valence-electron chi connectivity index (χ2n) is 2.19. The van der Waals surface area contributed by atoms with Gasteiger partial charge in [-0.25, -0.2) is 4.79 Å². The van der Waals surface area contributed by atoms with E-state index in [-0.39, 0.29) is 11.7 Å². The molecule has 0 heterocycles. The number of carboxylic acid groups (broad SMARTS) is 1. The van der Waals surface area contributed by atoms with E-state index in [0.29, 0.717) is 12.0 Å². The standard InChI is InChI=1S/C8H8O3.H3N/c9-5-6-1-3-7(4-2-6)8(10)11;/h1,3-5,9H,2H2,(H,10,11);1H3. The van der Waals surface area contributed by atoms with Gasteiger partial charge in [0.1, 0.15) is 0 Å². The molecule has 1 aliphatic rings. The summed E-state index contributed by atoms with van der Waals surface area (Å²) in [5, 5.41) is 18.7. The summed E-state index contributed by atoms with van der Waals surface area (Å²) >= 11 is 0. The van der Waals surface area contributed by atoms with Gasteiger partial charge in [-0.2, -0.15) is 0 Å². The average molecular weight is 169 g/mol. The number of aliphatic carboxylic acids is 1. The molecule has 0 radical (unpaired) electrons. The molecule has 0 unspecified atom stereocenters. The number of carboxylic acids is 1. The van der Waals surface area contributed by atoms with E-state index >= 15 is 0 Å². The number of allylic oxidation sites excluding steroid dienone is 3. The van der Waals surface area contributed by atoms with Crippen molar-refractivity contribution >= 4 is 5.97 Å². The molecule has 0 bridgehead atoms. The minimum Gasteiger partial charge on any atom is -0.878 e. The SMILES string of the molecule is O=C(O)C1=CCC(=C[O-])C=C1.[NH4+]. The minimum atomic E-state index is -0.953. The molecule has 12 heavy (non-hydrogen) atoms. The lowest BCUT2D eigenvalue weighted by atomic mass is 10.0. The van der Waals surface area contributed by atoms with Crippen LogP contribution in [0.2, 0.25) is 0 Å². The van der Waals surface area contributed by atoms with Crippen molar-refractivity contribution in [1.82, 2.24) is 6.15 Å². The normalized spacial score (nSPS) is 18.3. The fraction of sp³-hybridized carbons (Fsp3) is 0.125. The second kappa shape index (κ2) is 4.35. The lowest BCUT2D eigenvalue weighted by Gasteiger charge is -2.06. The molecule has 0 fully saturated rings. The van der Waals surface area contributed by atoms with E-state index < -0.39 is 5.97 Å². The minimum absolute atomic E-state index is 0. The third-order valence-corrected chi connectivity index (χ3v) is 1.43. The van der Waals surface area contributed by atoms with Gasteiger partial charge in [0.25, 0.3) is 0 Å². The van der Waals surface area contributed by atoms with Crippen molar-refractivity contribution in [2.45, 2.75) is 6.42 Å². The predicted molar refractivity (Wildman–Crippen MR) is 43.5 cm³/mol. The lowest BCUT2D eigenvalue weighted by molar-refractivity contribution is -0.276. The Labute approximate surface area is 70.1 Å². The maximum absolute atomic E-state index is 10.3. The van der Waals surface area contributed by atoms with Crippen LogP contribution in [0.15, 0.2) is 35.6 Å². The quantitative estimate of drug-likeness (QED) is 0.561. The molecular weight excluding hydrogens is 158 g/mol. The zero-order valence-corrected chi connectivity index (χ0v) is 6.78. The molecule has 0 aromatic heterocycles. The molecule has 0 spiro atoms. The fourth-order valence-electron chi connectivity index (χ4n) is 0.807. The summed E-state index contributed by atoms with van der Waals surface area (Å²) in [5.41, 5.74) is 0.852. The Morgan fingerprint density at radius 1 is 1.58 bits per heavy atom. The van der Waals surface area contributed by atoms with Gasteiger partial charge in [0.15, 0.2) is 0 Å². The highest BCUT2D eigenvalue weighted by atomic mass is 16.4. The van der Waals surface area contributed by atoms with Gasteiger partial charge in [0, 0.05) is 0 Å². The molecule has 0 aromatic carbocycles. The average Bonchev–Trinajstić information content (AvgIpc) is 2.05. The second-order valence-corrected chi connectivity index (χ2v) is 2.19. The highest BCUT2D eigenvalue weighted by molar-refractivity contribution is 5.90. The van der Waals surface area contributed by atoms with Gasteiger partial charge in [-0.05, 0) is 12.5 Å². The van der Waals surface area contributed by atoms with Crippen LogP contribution in [0.25, 0.3) is 0 Å². The van der Waals surface area contributed by atoms with Crippen LogP contribution >= 0.6 is 0 Å². The van der Waals surface area contributed by atoms with Gasteiger partial charge in [0.05, 0.1) is 5.57 Å². The van der Waals surface area contributed by atoms with E-state index in [1.165, 1.54) is 18.2 Å². The first kappa shape index (κ1) is 10.4. The number of hydrogen-bond acceptors (Lipinski definition) is 2. The van der Waals surface area contributed by atoms with E-state index in [1.54, 1.807) is 0 Å². The van der Waals surface area contributed by atoms with Crippen LogP contribution in [-0.2, 0) is 4.79 Å². The summed E-state index contributed by atoms with van der Waals surface area (Å²) < 4.78 is 0. The largest absolute Gasteiger partial charge is 0.878 e. The van der Waals surface area contributed by atoms with Gasteiger partial charge in [-0.1, -0.05) is 17.7 Å². The maximum atomic E-state index is 10.3. The van der Waals surface area contributed by atoms with Crippen molar-refractivity contribution in [2.75, 3.05) is 0 Å². The van der Waals surface area contributed by atoms with Crippen LogP contribution < -0.4 is 11.3 Å². The summed E-state index contributed by atoms with van der Waals surface area (Å²) in [4.78, 5) is 10.3. The van der Waals surface area contributed by atoms with Crippen LogP contribution in [0.1, 0.15) is 6.42 Å². The zero-order chi connectivity index (χ0) is 8.27. The first-order valence-electron chi connectivity index (χ1n) is 3.16. The Balaban J connectivity index is 0.00000121. The smallest absolute Gasteiger partial charge is 0.335 e. The lowest BCUT2D eigenvalue weighted by Crippen LogP contribution is -2.01. The van der Waals surface area contributed by atoms with Crippen molar-refractivity contribution in [3.8, 4) is 0 Å². The Morgan fingerprint density at radius 3 is 2.58 bits per heavy atom.